The van der Waals surface area contributed by atoms with Crippen molar-refractivity contribution >= 4 is 27.9 Å². The molecule has 0 saturated heterocycles. The molecule has 0 radical (unpaired) electrons. The number of nitrogens with two attached hydrogens (primary N) is 1. The maximum atomic E-state index is 12.0. The Morgan fingerprint density at radius 2 is 2.10 bits per heavy atom. The molecular weight excluding hydrogens is 305 g/mol. The summed E-state index contributed by atoms with van der Waals surface area (Å²) in [5.74, 6) is -0.442. The molecule has 0 spiro atoms. The van der Waals surface area contributed by atoms with E-state index in [2.05, 4.69) is 10.6 Å². The number of unbranched alkanes of at least 4 members (excludes halogenated alkanes) is 1. The molecule has 1 rings (SSSR count). The van der Waals surface area contributed by atoms with Gasteiger partial charge in [-0.1, -0.05) is 0 Å². The van der Waals surface area contributed by atoms with Crippen molar-refractivity contribution in [3.63, 3.8) is 0 Å². The second kappa shape index (κ2) is 7.17. The van der Waals surface area contributed by atoms with Crippen molar-refractivity contribution in [1.29, 1.82) is 5.26 Å². The predicted octanol–water partition coefficient (Wildman–Crippen LogP) is 2.71. The summed E-state index contributed by atoms with van der Waals surface area (Å²) in [6.45, 7) is 0.269. The lowest BCUT2D eigenvalue weighted by Gasteiger charge is -2.08. The first-order valence-electron chi connectivity index (χ1n) is 6.15. The topological polar surface area (TPSA) is 90.9 Å². The standard InChI is InChI=1S/C12H15F3N4OS/c1-18-10(20)8-9(17)7(6-16)21-11(8)19-5-3-2-4-12(13,14)15/h19H,2-5,17H2,1H3,(H,18,20). The van der Waals surface area contributed by atoms with Gasteiger partial charge in [0, 0.05) is 20.0 Å². The van der Waals surface area contributed by atoms with Crippen LogP contribution in [0, 0.1) is 11.3 Å². The van der Waals surface area contributed by atoms with Crippen LogP contribution in [0.4, 0.5) is 23.9 Å². The van der Waals surface area contributed by atoms with Crippen LogP contribution in [0.3, 0.4) is 0 Å². The summed E-state index contributed by atoms with van der Waals surface area (Å²) in [7, 11) is 1.43. The quantitative estimate of drug-likeness (QED) is 0.703. The van der Waals surface area contributed by atoms with Gasteiger partial charge in [0.25, 0.3) is 5.91 Å². The van der Waals surface area contributed by atoms with Crippen molar-refractivity contribution in [3.05, 3.63) is 10.4 Å². The Morgan fingerprint density at radius 3 is 2.62 bits per heavy atom. The molecule has 1 amide bonds. The van der Waals surface area contributed by atoms with E-state index < -0.39 is 18.5 Å². The molecule has 0 aliphatic rings. The van der Waals surface area contributed by atoms with Crippen LogP contribution in [0.15, 0.2) is 0 Å². The molecule has 5 nitrogen and oxygen atoms in total. The number of nitrogens with zero attached hydrogens (tertiary/aromatic N) is 1. The van der Waals surface area contributed by atoms with Crippen LogP contribution < -0.4 is 16.4 Å². The van der Waals surface area contributed by atoms with Crippen LogP contribution in [0.2, 0.25) is 0 Å². The molecule has 4 N–H and O–H groups in total. The fraction of sp³-hybridized carbons (Fsp3) is 0.500. The highest BCUT2D eigenvalue weighted by Gasteiger charge is 2.26. The minimum atomic E-state index is -4.16. The van der Waals surface area contributed by atoms with Gasteiger partial charge in [-0.3, -0.25) is 4.79 Å². The van der Waals surface area contributed by atoms with Gasteiger partial charge in [-0.05, 0) is 12.8 Å². The van der Waals surface area contributed by atoms with Gasteiger partial charge in [-0.2, -0.15) is 18.4 Å². The lowest BCUT2D eigenvalue weighted by Crippen LogP contribution is -2.20. The number of nitrogen functional groups attached to an aromatic ring is 1. The zero-order chi connectivity index (χ0) is 16.0. The highest BCUT2D eigenvalue weighted by atomic mass is 32.1. The molecule has 0 atom stereocenters. The molecular formula is C12H15F3N4OS. The third kappa shape index (κ3) is 4.82. The van der Waals surface area contributed by atoms with E-state index in [0.717, 1.165) is 11.3 Å². The number of hydrogen-bond donors (Lipinski definition) is 3. The maximum absolute atomic E-state index is 12.0. The van der Waals surface area contributed by atoms with Crippen LogP contribution in [0.1, 0.15) is 34.5 Å². The van der Waals surface area contributed by atoms with E-state index in [1.54, 1.807) is 0 Å². The summed E-state index contributed by atoms with van der Waals surface area (Å²) >= 11 is 1.01. The van der Waals surface area contributed by atoms with Crippen LogP contribution in [-0.2, 0) is 0 Å². The van der Waals surface area contributed by atoms with Gasteiger partial charge >= 0.3 is 6.18 Å². The van der Waals surface area contributed by atoms with E-state index in [1.165, 1.54) is 7.05 Å². The molecule has 0 aromatic carbocycles. The van der Waals surface area contributed by atoms with E-state index in [-0.39, 0.29) is 29.1 Å². The van der Waals surface area contributed by atoms with E-state index in [4.69, 9.17) is 11.0 Å². The summed E-state index contributed by atoms with van der Waals surface area (Å²) in [5, 5.41) is 14.6. The number of carbonyl (C=O) groups is 1. The molecule has 21 heavy (non-hydrogen) atoms. The Labute approximate surface area is 123 Å². The van der Waals surface area contributed by atoms with Crippen LogP contribution in [-0.4, -0.2) is 25.7 Å². The summed E-state index contributed by atoms with van der Waals surface area (Å²) in [4.78, 5) is 11.9. The van der Waals surface area contributed by atoms with Crippen LogP contribution in [0.25, 0.3) is 0 Å². The average Bonchev–Trinajstić information content (AvgIpc) is 2.72. The van der Waals surface area contributed by atoms with Crippen molar-refractivity contribution in [3.8, 4) is 6.07 Å². The molecule has 0 unspecified atom stereocenters. The highest BCUT2D eigenvalue weighted by Crippen LogP contribution is 2.35. The lowest BCUT2D eigenvalue weighted by molar-refractivity contribution is -0.135. The molecule has 0 aliphatic heterocycles. The number of carbonyl (C=O) groups excluding carboxylic acids is 1. The van der Waals surface area contributed by atoms with E-state index in [1.807, 2.05) is 6.07 Å². The number of anilines is 2. The second-order valence-electron chi connectivity index (χ2n) is 4.24. The third-order valence-electron chi connectivity index (χ3n) is 2.67. The van der Waals surface area contributed by atoms with Crippen molar-refractivity contribution in [1.82, 2.24) is 5.32 Å². The highest BCUT2D eigenvalue weighted by molar-refractivity contribution is 7.17. The predicted molar refractivity (Wildman–Crippen MR) is 75.2 cm³/mol. The number of thiophene rings is 1. The van der Waals surface area contributed by atoms with Crippen molar-refractivity contribution in [2.24, 2.45) is 0 Å². The molecule has 1 aromatic heterocycles. The monoisotopic (exact) mass is 320 g/mol. The zero-order valence-electron chi connectivity index (χ0n) is 11.3. The number of nitrogens with one attached hydrogen (secondary N) is 2. The summed E-state index contributed by atoms with van der Waals surface area (Å²) in [5.41, 5.74) is 5.96. The van der Waals surface area contributed by atoms with Gasteiger partial charge in [0.15, 0.2) is 0 Å². The molecule has 1 heterocycles. The Hall–Kier alpha value is -1.95. The van der Waals surface area contributed by atoms with Crippen LogP contribution >= 0.6 is 11.3 Å². The first kappa shape index (κ1) is 17.1. The molecule has 0 fully saturated rings. The van der Waals surface area contributed by atoms with E-state index in [0.29, 0.717) is 11.4 Å². The van der Waals surface area contributed by atoms with E-state index >= 15 is 0 Å². The number of amides is 1. The fourth-order valence-electron chi connectivity index (χ4n) is 1.65. The number of alkyl halides is 3. The average molecular weight is 320 g/mol. The minimum absolute atomic E-state index is 0.00221. The molecule has 116 valence electrons. The van der Waals surface area contributed by atoms with Gasteiger partial charge in [0.05, 0.1) is 11.3 Å². The smallest absolute Gasteiger partial charge is 0.389 e. The SMILES string of the molecule is CNC(=O)c1c(NCCCCC(F)(F)F)sc(C#N)c1N. The van der Waals surface area contributed by atoms with Gasteiger partial charge in [-0.15, -0.1) is 11.3 Å². The number of rotatable bonds is 6. The number of halogens is 3. The minimum Gasteiger partial charge on any atom is -0.396 e. The largest absolute Gasteiger partial charge is 0.396 e. The van der Waals surface area contributed by atoms with Gasteiger partial charge in [0.1, 0.15) is 15.9 Å². The fourth-order valence-corrected chi connectivity index (χ4v) is 2.59. The van der Waals surface area contributed by atoms with Gasteiger partial charge < -0.3 is 16.4 Å². The summed E-state index contributed by atoms with van der Waals surface area (Å²) in [6, 6.07) is 1.88. The Bertz CT molecular complexity index is 548. The molecule has 1 aromatic rings. The van der Waals surface area contributed by atoms with Crippen molar-refractivity contribution in [2.45, 2.75) is 25.4 Å². The molecule has 9 heteroatoms. The van der Waals surface area contributed by atoms with E-state index in [9.17, 15) is 18.0 Å². The Kier molecular flexibility index (Phi) is 5.84. The molecule has 0 bridgehead atoms. The van der Waals surface area contributed by atoms with Crippen LogP contribution in [0.5, 0.6) is 0 Å². The summed E-state index contributed by atoms with van der Waals surface area (Å²) in [6.07, 6.45) is -4.70. The van der Waals surface area contributed by atoms with Gasteiger partial charge in [-0.25, -0.2) is 0 Å². The third-order valence-corrected chi connectivity index (χ3v) is 3.74. The van der Waals surface area contributed by atoms with Gasteiger partial charge in [0.2, 0.25) is 0 Å². The van der Waals surface area contributed by atoms with Crippen molar-refractivity contribution < 1.29 is 18.0 Å². The zero-order valence-corrected chi connectivity index (χ0v) is 12.1. The lowest BCUT2D eigenvalue weighted by atomic mass is 10.2. The Morgan fingerprint density at radius 1 is 1.43 bits per heavy atom. The molecule has 0 aliphatic carbocycles. The number of nitriles is 1. The second-order valence-corrected chi connectivity index (χ2v) is 5.26. The Balaban J connectivity index is 2.67. The molecule has 0 saturated carbocycles. The summed E-state index contributed by atoms with van der Waals surface area (Å²) < 4.78 is 36.0. The van der Waals surface area contributed by atoms with Crippen molar-refractivity contribution in [2.75, 3.05) is 24.6 Å². The maximum Gasteiger partial charge on any atom is 0.389 e. The normalized spacial score (nSPS) is 11.0. The number of hydrogen-bond acceptors (Lipinski definition) is 5. The first-order valence-corrected chi connectivity index (χ1v) is 6.97. The first-order chi connectivity index (χ1) is 9.80.